The zero-order chi connectivity index (χ0) is 12.7. The molecule has 3 nitrogen and oxygen atoms in total. The first-order valence-corrected chi connectivity index (χ1v) is 7.57. The van der Waals surface area contributed by atoms with Gasteiger partial charge in [-0.15, -0.1) is 0 Å². The summed E-state index contributed by atoms with van der Waals surface area (Å²) in [6.45, 7) is 11.4. The lowest BCUT2D eigenvalue weighted by Crippen LogP contribution is -2.39. The molecule has 1 rings (SSSR count). The largest absolute Gasteiger partial charge is 0.381 e. The molecule has 1 atom stereocenters. The van der Waals surface area contributed by atoms with Crippen molar-refractivity contribution < 1.29 is 4.74 Å². The Morgan fingerprint density at radius 2 is 2.29 bits per heavy atom. The molecule has 0 aromatic carbocycles. The van der Waals surface area contributed by atoms with E-state index in [1.165, 1.54) is 0 Å². The normalized spacial score (nSPS) is 26.8. The Labute approximate surface area is 110 Å². The van der Waals surface area contributed by atoms with E-state index in [4.69, 9.17) is 4.74 Å². The first kappa shape index (κ1) is 14.8. The van der Waals surface area contributed by atoms with E-state index in [9.17, 15) is 0 Å². The first-order chi connectivity index (χ1) is 8.06. The van der Waals surface area contributed by atoms with Gasteiger partial charge in [0, 0.05) is 31.1 Å². The number of aliphatic imine (C=N–C) groups is 1. The first-order valence-electron chi connectivity index (χ1n) is 6.59. The highest BCUT2D eigenvalue weighted by Crippen LogP contribution is 2.25. The van der Waals surface area contributed by atoms with Crippen molar-refractivity contribution in [2.45, 2.75) is 46.1 Å². The maximum absolute atomic E-state index is 5.53. The zero-order valence-corrected chi connectivity index (χ0v) is 12.4. The molecule has 0 radical (unpaired) electrons. The second-order valence-corrected chi connectivity index (χ2v) is 6.30. The van der Waals surface area contributed by atoms with Crippen LogP contribution in [-0.2, 0) is 4.74 Å². The minimum atomic E-state index is 0.248. The highest BCUT2D eigenvalue weighted by molar-refractivity contribution is 8.14. The summed E-state index contributed by atoms with van der Waals surface area (Å²) in [4.78, 5) is 4.57. The van der Waals surface area contributed by atoms with E-state index in [1.54, 1.807) is 0 Å². The van der Waals surface area contributed by atoms with Crippen LogP contribution in [0.15, 0.2) is 4.99 Å². The summed E-state index contributed by atoms with van der Waals surface area (Å²) >= 11 is 1.84. The maximum atomic E-state index is 5.53. The molecule has 100 valence electrons. The van der Waals surface area contributed by atoms with E-state index >= 15 is 0 Å². The number of thioether (sulfide) groups is 1. The number of amidine groups is 1. The van der Waals surface area contributed by atoms with E-state index < -0.39 is 0 Å². The summed E-state index contributed by atoms with van der Waals surface area (Å²) in [6.07, 6.45) is 2.16. The molecule has 1 heterocycles. The summed E-state index contributed by atoms with van der Waals surface area (Å²) in [6, 6.07) is 0. The Morgan fingerprint density at radius 1 is 1.53 bits per heavy atom. The molecule has 0 aromatic rings. The van der Waals surface area contributed by atoms with Crippen molar-refractivity contribution in [1.29, 1.82) is 0 Å². The van der Waals surface area contributed by atoms with Crippen LogP contribution >= 0.6 is 11.8 Å². The predicted octanol–water partition coefficient (Wildman–Crippen LogP) is 2.91. The smallest absolute Gasteiger partial charge is 0.157 e. The van der Waals surface area contributed by atoms with Crippen molar-refractivity contribution in [2.75, 3.05) is 25.5 Å². The molecule has 1 aliphatic heterocycles. The van der Waals surface area contributed by atoms with E-state index in [0.29, 0.717) is 5.92 Å². The Morgan fingerprint density at radius 3 is 2.88 bits per heavy atom. The average Bonchev–Trinajstić information content (AvgIpc) is 2.66. The minimum absolute atomic E-state index is 0.248. The molecule has 1 N–H and O–H groups in total. The van der Waals surface area contributed by atoms with E-state index in [-0.39, 0.29) is 5.54 Å². The summed E-state index contributed by atoms with van der Waals surface area (Å²) in [5.74, 6) is 1.75. The Hall–Kier alpha value is -0.220. The molecular weight excluding hydrogens is 232 g/mol. The van der Waals surface area contributed by atoms with Gasteiger partial charge in [0.05, 0.1) is 0 Å². The van der Waals surface area contributed by atoms with Gasteiger partial charge in [0.25, 0.3) is 0 Å². The number of rotatable bonds is 7. The Bertz CT molecular complexity index is 256. The molecule has 0 amide bonds. The highest BCUT2D eigenvalue weighted by Gasteiger charge is 2.30. The van der Waals surface area contributed by atoms with Gasteiger partial charge in [0.15, 0.2) is 5.17 Å². The lowest BCUT2D eigenvalue weighted by Gasteiger charge is -2.20. The molecule has 1 aliphatic rings. The maximum Gasteiger partial charge on any atom is 0.157 e. The summed E-state index contributed by atoms with van der Waals surface area (Å²) in [7, 11) is 0. The molecule has 0 bridgehead atoms. The van der Waals surface area contributed by atoms with Crippen LogP contribution in [0.1, 0.15) is 40.5 Å². The van der Waals surface area contributed by atoms with Crippen LogP contribution in [-0.4, -0.2) is 36.2 Å². The van der Waals surface area contributed by atoms with Gasteiger partial charge < -0.3 is 10.1 Å². The van der Waals surface area contributed by atoms with Crippen LogP contribution < -0.4 is 5.32 Å². The van der Waals surface area contributed by atoms with Crippen LogP contribution in [0, 0.1) is 5.92 Å². The number of hydrogen-bond donors (Lipinski definition) is 1. The molecule has 0 aromatic heterocycles. The van der Waals surface area contributed by atoms with Gasteiger partial charge in [-0.25, -0.2) is 0 Å². The zero-order valence-electron chi connectivity index (χ0n) is 11.6. The predicted molar refractivity (Wildman–Crippen MR) is 76.9 cm³/mol. The average molecular weight is 258 g/mol. The van der Waals surface area contributed by atoms with Gasteiger partial charge in [0.1, 0.15) is 0 Å². The fraction of sp³-hybridized carbons (Fsp3) is 0.923. The van der Waals surface area contributed by atoms with Crippen LogP contribution in [0.3, 0.4) is 0 Å². The Kier molecular flexibility index (Phi) is 6.34. The van der Waals surface area contributed by atoms with Gasteiger partial charge >= 0.3 is 0 Å². The number of nitrogens with one attached hydrogen (secondary N) is 1. The van der Waals surface area contributed by atoms with Crippen LogP contribution in [0.5, 0.6) is 0 Å². The second-order valence-electron chi connectivity index (χ2n) is 5.34. The SMILES string of the molecule is CCC1(C)CSC(=NCCCOCC(C)C)N1. The molecule has 0 saturated carbocycles. The Balaban J connectivity index is 2.10. The van der Waals surface area contributed by atoms with Crippen molar-refractivity contribution >= 4 is 16.9 Å². The number of ether oxygens (including phenoxy) is 1. The van der Waals surface area contributed by atoms with Crippen molar-refractivity contribution in [3.63, 3.8) is 0 Å². The molecule has 0 aliphatic carbocycles. The number of nitrogens with zero attached hydrogens (tertiary/aromatic N) is 1. The fourth-order valence-electron chi connectivity index (χ4n) is 1.50. The summed E-state index contributed by atoms with van der Waals surface area (Å²) < 4.78 is 5.53. The lowest BCUT2D eigenvalue weighted by molar-refractivity contribution is 0.109. The van der Waals surface area contributed by atoms with Crippen molar-refractivity contribution in [2.24, 2.45) is 10.9 Å². The molecule has 0 spiro atoms. The van der Waals surface area contributed by atoms with E-state index in [1.807, 2.05) is 11.8 Å². The molecule has 1 fully saturated rings. The van der Waals surface area contributed by atoms with Crippen molar-refractivity contribution in [3.8, 4) is 0 Å². The molecule has 1 saturated heterocycles. The molecule has 1 unspecified atom stereocenters. The monoisotopic (exact) mass is 258 g/mol. The van der Waals surface area contributed by atoms with Crippen molar-refractivity contribution in [1.82, 2.24) is 5.32 Å². The van der Waals surface area contributed by atoms with Gasteiger partial charge in [-0.1, -0.05) is 32.5 Å². The summed E-state index contributed by atoms with van der Waals surface area (Å²) in [5, 5.41) is 4.61. The topological polar surface area (TPSA) is 33.6 Å². The lowest BCUT2D eigenvalue weighted by atomic mass is 10.0. The fourth-order valence-corrected chi connectivity index (χ4v) is 2.73. The number of hydrogen-bond acceptors (Lipinski definition) is 3. The van der Waals surface area contributed by atoms with Gasteiger partial charge in [0.2, 0.25) is 0 Å². The minimum Gasteiger partial charge on any atom is -0.381 e. The summed E-state index contributed by atoms with van der Waals surface area (Å²) in [5.41, 5.74) is 0.248. The van der Waals surface area contributed by atoms with Gasteiger partial charge in [-0.05, 0) is 25.7 Å². The molecule has 4 heteroatoms. The third kappa shape index (κ3) is 5.77. The molecule has 17 heavy (non-hydrogen) atoms. The van der Waals surface area contributed by atoms with Crippen molar-refractivity contribution in [3.05, 3.63) is 0 Å². The third-order valence-electron chi connectivity index (χ3n) is 2.87. The van der Waals surface area contributed by atoms with Crippen LogP contribution in [0.4, 0.5) is 0 Å². The van der Waals surface area contributed by atoms with Gasteiger partial charge in [-0.2, -0.15) is 0 Å². The highest BCUT2D eigenvalue weighted by atomic mass is 32.2. The second kappa shape index (κ2) is 7.27. The molecular formula is C13H26N2OS. The third-order valence-corrected chi connectivity index (χ3v) is 4.16. The quantitative estimate of drug-likeness (QED) is 0.713. The standard InChI is InChI=1S/C13H26N2OS/c1-5-13(4)10-17-12(15-13)14-7-6-8-16-9-11(2)3/h11H,5-10H2,1-4H3,(H,14,15). The van der Waals surface area contributed by atoms with Crippen LogP contribution in [0.2, 0.25) is 0 Å². The van der Waals surface area contributed by atoms with Gasteiger partial charge in [-0.3, -0.25) is 4.99 Å². The van der Waals surface area contributed by atoms with E-state index in [0.717, 1.165) is 43.5 Å². The van der Waals surface area contributed by atoms with E-state index in [2.05, 4.69) is 38.0 Å². The van der Waals surface area contributed by atoms with Crippen LogP contribution in [0.25, 0.3) is 0 Å².